The topological polar surface area (TPSA) is 52.6 Å². The third-order valence-corrected chi connectivity index (χ3v) is 2.63. The lowest BCUT2D eigenvalue weighted by atomic mass is 10.1. The molecule has 0 amide bonds. The quantitative estimate of drug-likeness (QED) is 0.484. The summed E-state index contributed by atoms with van der Waals surface area (Å²) in [5, 5.41) is 0. The maximum Gasteiger partial charge on any atom is 0.313 e. The number of ether oxygens (including phenoxy) is 2. The van der Waals surface area contributed by atoms with Crippen LogP contribution >= 0.6 is 15.9 Å². The van der Waals surface area contributed by atoms with Gasteiger partial charge in [0, 0.05) is 0 Å². The Morgan fingerprint density at radius 1 is 1.31 bits per heavy atom. The van der Waals surface area contributed by atoms with Gasteiger partial charge in [0.1, 0.15) is 12.2 Å². The molecule has 0 atom stereocenters. The molecule has 86 valence electrons. The maximum absolute atomic E-state index is 11.7. The number of carbonyl (C=O) groups excluding carboxylic acids is 2. The number of benzene rings is 1. The minimum atomic E-state index is -0.563. The van der Waals surface area contributed by atoms with E-state index in [-0.39, 0.29) is 12.2 Å². The number of para-hydroxylation sites is 1. The lowest BCUT2D eigenvalue weighted by Gasteiger charge is -2.08. The van der Waals surface area contributed by atoms with E-state index in [2.05, 4.69) is 20.7 Å². The molecule has 1 aromatic carbocycles. The Balaban J connectivity index is 2.99. The number of halogens is 1. The zero-order chi connectivity index (χ0) is 12.1. The van der Waals surface area contributed by atoms with E-state index in [4.69, 9.17) is 4.74 Å². The summed E-state index contributed by atoms with van der Waals surface area (Å²) < 4.78 is 10.2. The van der Waals surface area contributed by atoms with Crippen LogP contribution in [0.2, 0.25) is 0 Å². The molecule has 16 heavy (non-hydrogen) atoms. The zero-order valence-electron chi connectivity index (χ0n) is 8.95. The molecular weight excluding hydrogens is 276 g/mol. The van der Waals surface area contributed by atoms with Crippen LogP contribution in [-0.4, -0.2) is 26.0 Å². The van der Waals surface area contributed by atoms with E-state index < -0.39 is 5.97 Å². The molecule has 0 saturated carbocycles. The van der Waals surface area contributed by atoms with Gasteiger partial charge < -0.3 is 9.47 Å². The van der Waals surface area contributed by atoms with Crippen molar-refractivity contribution in [1.82, 2.24) is 0 Å². The molecule has 0 saturated heterocycles. The molecule has 0 aliphatic carbocycles. The van der Waals surface area contributed by atoms with Crippen molar-refractivity contribution in [2.45, 2.75) is 6.42 Å². The molecule has 0 aliphatic rings. The Morgan fingerprint density at radius 3 is 2.56 bits per heavy atom. The summed E-state index contributed by atoms with van der Waals surface area (Å²) >= 11 is 3.27. The summed E-state index contributed by atoms with van der Waals surface area (Å²) in [6, 6.07) is 5.07. The third-order valence-electron chi connectivity index (χ3n) is 2.00. The number of hydrogen-bond donors (Lipinski definition) is 0. The average molecular weight is 287 g/mol. The van der Waals surface area contributed by atoms with Crippen molar-refractivity contribution < 1.29 is 19.1 Å². The fourth-order valence-corrected chi connectivity index (χ4v) is 1.76. The van der Waals surface area contributed by atoms with E-state index in [9.17, 15) is 9.59 Å². The molecule has 4 nitrogen and oxygen atoms in total. The summed E-state index contributed by atoms with van der Waals surface area (Å²) in [5.41, 5.74) is 0.363. The largest absolute Gasteiger partial charge is 0.495 e. The fraction of sp³-hybridized carbons (Fsp3) is 0.273. The molecule has 0 fully saturated rings. The fourth-order valence-electron chi connectivity index (χ4n) is 1.23. The van der Waals surface area contributed by atoms with Gasteiger partial charge in [-0.3, -0.25) is 9.59 Å². The first kappa shape index (κ1) is 12.7. The number of rotatable bonds is 4. The van der Waals surface area contributed by atoms with Gasteiger partial charge >= 0.3 is 5.97 Å². The van der Waals surface area contributed by atoms with Crippen LogP contribution in [0.3, 0.4) is 0 Å². The van der Waals surface area contributed by atoms with E-state index in [1.54, 1.807) is 18.2 Å². The van der Waals surface area contributed by atoms with Gasteiger partial charge in [-0.05, 0) is 28.1 Å². The summed E-state index contributed by atoms with van der Waals surface area (Å²) in [4.78, 5) is 22.7. The van der Waals surface area contributed by atoms with Gasteiger partial charge in [-0.1, -0.05) is 6.07 Å². The highest BCUT2D eigenvalue weighted by Gasteiger charge is 2.17. The first-order chi connectivity index (χ1) is 7.60. The van der Waals surface area contributed by atoms with Crippen molar-refractivity contribution in [3.8, 4) is 5.75 Å². The first-order valence-corrected chi connectivity index (χ1v) is 5.32. The van der Waals surface area contributed by atoms with E-state index in [1.165, 1.54) is 14.2 Å². The Hall–Kier alpha value is -1.36. The zero-order valence-corrected chi connectivity index (χ0v) is 10.5. The molecule has 1 rings (SSSR count). The van der Waals surface area contributed by atoms with Crippen LogP contribution in [0.4, 0.5) is 0 Å². The standard InChI is InChI=1S/C11H11BrO4/c1-15-10(14)6-9(13)7-4-3-5-8(12)11(7)16-2/h3-5H,6H2,1-2H3. The molecule has 0 aliphatic heterocycles. The number of carbonyl (C=O) groups is 2. The van der Waals surface area contributed by atoms with Crippen molar-refractivity contribution >= 4 is 27.7 Å². The molecule has 0 unspecified atom stereocenters. The Kier molecular flexibility index (Phi) is 4.49. The van der Waals surface area contributed by atoms with Crippen molar-refractivity contribution in [2.75, 3.05) is 14.2 Å². The molecular formula is C11H11BrO4. The van der Waals surface area contributed by atoms with Crippen molar-refractivity contribution in [3.05, 3.63) is 28.2 Å². The van der Waals surface area contributed by atoms with Gasteiger partial charge in [0.25, 0.3) is 0 Å². The lowest BCUT2D eigenvalue weighted by molar-refractivity contribution is -0.139. The van der Waals surface area contributed by atoms with Crippen LogP contribution in [0.25, 0.3) is 0 Å². The lowest BCUT2D eigenvalue weighted by Crippen LogP contribution is -2.10. The van der Waals surface area contributed by atoms with Crippen molar-refractivity contribution in [1.29, 1.82) is 0 Å². The predicted octanol–water partition coefficient (Wildman–Crippen LogP) is 2.20. The van der Waals surface area contributed by atoms with E-state index >= 15 is 0 Å². The minimum Gasteiger partial charge on any atom is -0.495 e. The van der Waals surface area contributed by atoms with Crippen LogP contribution in [-0.2, 0) is 9.53 Å². The monoisotopic (exact) mass is 286 g/mol. The highest BCUT2D eigenvalue weighted by Crippen LogP contribution is 2.29. The second-order valence-corrected chi connectivity index (χ2v) is 3.85. The number of hydrogen-bond acceptors (Lipinski definition) is 4. The van der Waals surface area contributed by atoms with Crippen LogP contribution in [0.15, 0.2) is 22.7 Å². The third kappa shape index (κ3) is 2.82. The smallest absolute Gasteiger partial charge is 0.313 e. The highest BCUT2D eigenvalue weighted by molar-refractivity contribution is 9.10. The Labute approximate surface area is 102 Å². The summed E-state index contributed by atoms with van der Waals surface area (Å²) in [6.07, 6.45) is -0.288. The van der Waals surface area contributed by atoms with Crippen LogP contribution in [0.5, 0.6) is 5.75 Å². The minimum absolute atomic E-state index is 0.288. The Bertz CT molecular complexity index is 414. The van der Waals surface area contributed by atoms with E-state index in [0.29, 0.717) is 15.8 Å². The van der Waals surface area contributed by atoms with Crippen LogP contribution in [0.1, 0.15) is 16.8 Å². The molecule has 0 radical (unpaired) electrons. The van der Waals surface area contributed by atoms with Crippen molar-refractivity contribution in [3.63, 3.8) is 0 Å². The summed E-state index contributed by atoms with van der Waals surface area (Å²) in [6.45, 7) is 0. The van der Waals surface area contributed by atoms with Crippen molar-refractivity contribution in [2.24, 2.45) is 0 Å². The second-order valence-electron chi connectivity index (χ2n) is 3.00. The summed E-state index contributed by atoms with van der Waals surface area (Å²) in [5.74, 6) is -0.464. The first-order valence-electron chi connectivity index (χ1n) is 4.52. The average Bonchev–Trinajstić information content (AvgIpc) is 2.28. The maximum atomic E-state index is 11.7. The molecule has 1 aromatic rings. The number of ketones is 1. The number of Topliss-reactive ketones (excluding diaryl/α,β-unsaturated/α-hetero) is 1. The van der Waals surface area contributed by atoms with Crippen LogP contribution in [0, 0.1) is 0 Å². The Morgan fingerprint density at radius 2 is 2.00 bits per heavy atom. The van der Waals surface area contributed by atoms with Gasteiger partial charge in [-0.25, -0.2) is 0 Å². The summed E-state index contributed by atoms with van der Waals surface area (Å²) in [7, 11) is 2.71. The van der Waals surface area contributed by atoms with Gasteiger partial charge in [0.2, 0.25) is 0 Å². The van der Waals surface area contributed by atoms with E-state index in [1.807, 2.05) is 0 Å². The van der Waals surface area contributed by atoms with Gasteiger partial charge in [-0.2, -0.15) is 0 Å². The van der Waals surface area contributed by atoms with Gasteiger partial charge in [-0.15, -0.1) is 0 Å². The number of methoxy groups -OCH3 is 2. The molecule has 0 spiro atoms. The highest BCUT2D eigenvalue weighted by atomic mass is 79.9. The van der Waals surface area contributed by atoms with Gasteiger partial charge in [0.05, 0.1) is 24.3 Å². The molecule has 5 heteroatoms. The van der Waals surface area contributed by atoms with Gasteiger partial charge in [0.15, 0.2) is 5.78 Å². The molecule has 0 heterocycles. The molecule has 0 aromatic heterocycles. The van der Waals surface area contributed by atoms with Crippen LogP contribution < -0.4 is 4.74 Å². The SMILES string of the molecule is COC(=O)CC(=O)c1cccc(Br)c1OC. The molecule has 0 bridgehead atoms. The molecule has 0 N–H and O–H groups in total. The second kappa shape index (κ2) is 5.65. The number of esters is 1. The van der Waals surface area contributed by atoms with E-state index in [0.717, 1.165) is 0 Å². The predicted molar refractivity (Wildman–Crippen MR) is 61.7 cm³/mol. The normalized spacial score (nSPS) is 9.69.